The Morgan fingerprint density at radius 1 is 1.35 bits per heavy atom. The van der Waals surface area contributed by atoms with E-state index in [1.807, 2.05) is 17.0 Å². The minimum absolute atomic E-state index is 0.0155. The van der Waals surface area contributed by atoms with Gasteiger partial charge in [-0.3, -0.25) is 0 Å². The summed E-state index contributed by atoms with van der Waals surface area (Å²) in [6.45, 7) is 4.03. The topological polar surface area (TPSA) is 48.0 Å². The molecule has 6 nitrogen and oxygen atoms in total. The van der Waals surface area contributed by atoms with E-state index < -0.39 is 0 Å². The molecule has 6 heteroatoms. The number of rotatable bonds is 5. The second kappa shape index (κ2) is 8.73. The molecule has 2 heterocycles. The van der Waals surface area contributed by atoms with Crippen molar-refractivity contribution in [2.75, 3.05) is 64.1 Å². The Kier molecular flexibility index (Phi) is 6.38. The minimum atomic E-state index is -0.0155. The smallest absolute Gasteiger partial charge is 0.322 e. The van der Waals surface area contributed by atoms with Gasteiger partial charge in [-0.1, -0.05) is 12.1 Å². The van der Waals surface area contributed by atoms with Gasteiger partial charge in [-0.05, 0) is 58.0 Å². The summed E-state index contributed by atoms with van der Waals surface area (Å²) >= 11 is 0. The molecule has 0 aromatic heterocycles. The van der Waals surface area contributed by atoms with Crippen molar-refractivity contribution < 1.29 is 9.53 Å². The van der Waals surface area contributed by atoms with Crippen LogP contribution in [0.4, 0.5) is 16.2 Å². The number of nitrogens with zero attached hydrogens (tertiary/aromatic N) is 3. The van der Waals surface area contributed by atoms with Gasteiger partial charge in [0.25, 0.3) is 0 Å². The number of nitrogens with one attached hydrogen (secondary N) is 1. The highest BCUT2D eigenvalue weighted by molar-refractivity contribution is 5.94. The van der Waals surface area contributed by atoms with Crippen LogP contribution in [0.5, 0.6) is 0 Å². The van der Waals surface area contributed by atoms with Crippen LogP contribution in [0, 0.1) is 0 Å². The fraction of sp³-hybridized carbons (Fsp3) is 0.650. The Labute approximate surface area is 157 Å². The third-order valence-corrected chi connectivity index (χ3v) is 5.24. The molecule has 2 amide bonds. The molecule has 0 spiro atoms. The zero-order valence-electron chi connectivity index (χ0n) is 16.3. The number of fused-ring (bicyclic) bond motifs is 1. The summed E-state index contributed by atoms with van der Waals surface area (Å²) in [6, 6.07) is 6.19. The van der Waals surface area contributed by atoms with Crippen molar-refractivity contribution in [2.24, 2.45) is 0 Å². The van der Waals surface area contributed by atoms with Crippen LogP contribution in [0.1, 0.15) is 24.8 Å². The van der Waals surface area contributed by atoms with Crippen molar-refractivity contribution in [1.82, 2.24) is 9.80 Å². The number of amides is 2. The molecule has 0 radical (unpaired) electrons. The summed E-state index contributed by atoms with van der Waals surface area (Å²) in [5.41, 5.74) is 3.41. The first-order chi connectivity index (χ1) is 12.5. The van der Waals surface area contributed by atoms with E-state index >= 15 is 0 Å². The quantitative estimate of drug-likeness (QED) is 0.877. The van der Waals surface area contributed by atoms with E-state index in [1.165, 1.54) is 17.7 Å². The summed E-state index contributed by atoms with van der Waals surface area (Å²) in [4.78, 5) is 19.1. The van der Waals surface area contributed by atoms with Crippen molar-refractivity contribution in [3.8, 4) is 0 Å². The molecule has 1 N–H and O–H groups in total. The maximum Gasteiger partial charge on any atom is 0.322 e. The van der Waals surface area contributed by atoms with Gasteiger partial charge in [0, 0.05) is 26.7 Å². The minimum Gasteiger partial charge on any atom is -0.375 e. The van der Waals surface area contributed by atoms with Crippen LogP contribution in [0.2, 0.25) is 0 Å². The summed E-state index contributed by atoms with van der Waals surface area (Å²) < 4.78 is 5.85. The number of carbonyl (C=O) groups is 1. The number of anilines is 2. The second-order valence-corrected chi connectivity index (χ2v) is 7.65. The molecule has 2 aliphatic rings. The van der Waals surface area contributed by atoms with Gasteiger partial charge in [-0.25, -0.2) is 4.79 Å². The van der Waals surface area contributed by atoms with E-state index in [0.29, 0.717) is 19.7 Å². The van der Waals surface area contributed by atoms with Gasteiger partial charge in [0.1, 0.15) is 0 Å². The van der Waals surface area contributed by atoms with Gasteiger partial charge >= 0.3 is 6.03 Å². The molecule has 0 bridgehead atoms. The first kappa shape index (κ1) is 19.0. The van der Waals surface area contributed by atoms with Gasteiger partial charge in [0.05, 0.1) is 24.1 Å². The fourth-order valence-corrected chi connectivity index (χ4v) is 3.87. The Balaban J connectivity index is 1.60. The van der Waals surface area contributed by atoms with E-state index in [9.17, 15) is 4.79 Å². The Bertz CT molecular complexity index is 620. The molecular formula is C20H32N4O2. The molecule has 2 aliphatic heterocycles. The van der Waals surface area contributed by atoms with Crippen LogP contribution >= 0.6 is 0 Å². The maximum absolute atomic E-state index is 12.8. The van der Waals surface area contributed by atoms with Gasteiger partial charge in [-0.2, -0.15) is 0 Å². The molecule has 0 saturated carbocycles. The van der Waals surface area contributed by atoms with E-state index in [4.69, 9.17) is 4.74 Å². The highest BCUT2D eigenvalue weighted by atomic mass is 16.5. The predicted molar refractivity (Wildman–Crippen MR) is 106 cm³/mol. The summed E-state index contributed by atoms with van der Waals surface area (Å²) in [7, 11) is 6.27. The SMILES string of the molecule is CN(C)CCCC1CN(C(=O)Nc2cccc3c2N(C)CCC3)CCO1. The number of morpholine rings is 1. The number of carbonyl (C=O) groups excluding carboxylic acids is 1. The van der Waals surface area contributed by atoms with Gasteiger partial charge < -0.3 is 24.8 Å². The van der Waals surface area contributed by atoms with E-state index in [-0.39, 0.29) is 12.1 Å². The third kappa shape index (κ3) is 4.68. The lowest BCUT2D eigenvalue weighted by molar-refractivity contribution is -0.0175. The van der Waals surface area contributed by atoms with Gasteiger partial charge in [0.2, 0.25) is 0 Å². The third-order valence-electron chi connectivity index (χ3n) is 5.24. The molecule has 26 heavy (non-hydrogen) atoms. The molecular weight excluding hydrogens is 328 g/mol. The largest absolute Gasteiger partial charge is 0.375 e. The molecule has 144 valence electrons. The average Bonchev–Trinajstić information content (AvgIpc) is 2.62. The highest BCUT2D eigenvalue weighted by Crippen LogP contribution is 2.33. The second-order valence-electron chi connectivity index (χ2n) is 7.65. The monoisotopic (exact) mass is 360 g/mol. The Morgan fingerprint density at radius 3 is 3.00 bits per heavy atom. The Hall–Kier alpha value is -1.79. The van der Waals surface area contributed by atoms with Crippen molar-refractivity contribution in [2.45, 2.75) is 31.8 Å². The first-order valence-corrected chi connectivity index (χ1v) is 9.70. The van der Waals surface area contributed by atoms with Crippen molar-refractivity contribution in [3.05, 3.63) is 23.8 Å². The lowest BCUT2D eigenvalue weighted by Crippen LogP contribution is -2.47. The predicted octanol–water partition coefficient (Wildman–Crippen LogP) is 2.64. The molecule has 1 fully saturated rings. The zero-order chi connectivity index (χ0) is 18.5. The summed E-state index contributed by atoms with van der Waals surface area (Å²) in [5.74, 6) is 0. The number of hydrogen-bond acceptors (Lipinski definition) is 4. The van der Waals surface area contributed by atoms with Crippen molar-refractivity contribution in [3.63, 3.8) is 0 Å². The number of ether oxygens (including phenoxy) is 1. The maximum atomic E-state index is 12.8. The van der Waals surface area contributed by atoms with Crippen LogP contribution in [0.25, 0.3) is 0 Å². The van der Waals surface area contributed by atoms with E-state index in [0.717, 1.165) is 38.0 Å². The van der Waals surface area contributed by atoms with Crippen LogP contribution in [0.3, 0.4) is 0 Å². The molecule has 3 rings (SSSR count). The lowest BCUT2D eigenvalue weighted by Gasteiger charge is -2.34. The highest BCUT2D eigenvalue weighted by Gasteiger charge is 2.25. The number of benzene rings is 1. The lowest BCUT2D eigenvalue weighted by atomic mass is 10.0. The first-order valence-electron chi connectivity index (χ1n) is 9.70. The normalized spacial score (nSPS) is 20.2. The molecule has 0 aliphatic carbocycles. The van der Waals surface area contributed by atoms with E-state index in [1.54, 1.807) is 0 Å². The molecule has 1 aromatic carbocycles. The molecule has 1 unspecified atom stereocenters. The molecule has 1 saturated heterocycles. The van der Waals surface area contributed by atoms with Gasteiger partial charge in [-0.15, -0.1) is 0 Å². The number of para-hydroxylation sites is 1. The van der Waals surface area contributed by atoms with Crippen LogP contribution in [0.15, 0.2) is 18.2 Å². The van der Waals surface area contributed by atoms with Crippen LogP contribution < -0.4 is 10.2 Å². The number of urea groups is 1. The van der Waals surface area contributed by atoms with Crippen LogP contribution in [-0.4, -0.2) is 75.9 Å². The van der Waals surface area contributed by atoms with Crippen LogP contribution in [-0.2, 0) is 11.2 Å². The number of hydrogen-bond donors (Lipinski definition) is 1. The summed E-state index contributed by atoms with van der Waals surface area (Å²) in [6.07, 6.45) is 4.46. The van der Waals surface area contributed by atoms with Gasteiger partial charge in [0.15, 0.2) is 0 Å². The summed E-state index contributed by atoms with van der Waals surface area (Å²) in [5, 5.41) is 3.15. The van der Waals surface area contributed by atoms with Crippen molar-refractivity contribution >= 4 is 17.4 Å². The van der Waals surface area contributed by atoms with E-state index in [2.05, 4.69) is 42.3 Å². The fourth-order valence-electron chi connectivity index (χ4n) is 3.87. The Morgan fingerprint density at radius 2 is 2.19 bits per heavy atom. The standard InChI is InChI=1S/C20H32N4O2/c1-22(2)11-6-9-17-15-24(13-14-26-17)20(25)21-18-10-4-7-16-8-5-12-23(3)19(16)18/h4,7,10,17H,5-6,8-9,11-15H2,1-3H3,(H,21,25). The average molecular weight is 361 g/mol. The molecule has 1 aromatic rings. The van der Waals surface area contributed by atoms with Crippen molar-refractivity contribution in [1.29, 1.82) is 0 Å². The number of aryl methyl sites for hydroxylation is 1. The molecule has 1 atom stereocenters. The zero-order valence-corrected chi connectivity index (χ0v) is 16.3.